The molecule has 0 aliphatic carbocycles. The van der Waals surface area contributed by atoms with Gasteiger partial charge in [-0.05, 0) is 0 Å². The SMILES string of the molecule is O.O.S.[Mo].[Na+].[Na+].[OH-].[OH-]. The summed E-state index contributed by atoms with van der Waals surface area (Å²) >= 11 is 0. The molecule has 0 bridgehead atoms. The van der Waals surface area contributed by atoms with Gasteiger partial charge in [0.2, 0.25) is 0 Å². The molecule has 0 rings (SSSR count). The number of hydrogen-bond donors (Lipinski definition) is 0. The van der Waals surface area contributed by atoms with Crippen molar-refractivity contribution in [1.29, 1.82) is 0 Å². The molecule has 0 aromatic carbocycles. The maximum absolute atomic E-state index is 0. The fraction of sp³-hybridized carbons (Fsp3) is 0. The van der Waals surface area contributed by atoms with Crippen LogP contribution in [0.3, 0.4) is 0 Å². The van der Waals surface area contributed by atoms with Crippen molar-refractivity contribution in [2.45, 2.75) is 0 Å². The predicted octanol–water partition coefficient (Wildman–Crippen LogP) is -7.88. The second kappa shape index (κ2) is 94.0. The summed E-state index contributed by atoms with van der Waals surface area (Å²) in [5, 5.41) is 0. The van der Waals surface area contributed by atoms with Gasteiger partial charge in [-0.1, -0.05) is 0 Å². The van der Waals surface area contributed by atoms with Crippen molar-refractivity contribution in [3.63, 3.8) is 0 Å². The number of hydrogen-bond acceptors (Lipinski definition) is 2. The Morgan fingerprint density at radius 2 is 0.625 bits per heavy atom. The average molecular weight is 246 g/mol. The molecular weight excluding hydrogens is 238 g/mol. The molecule has 0 unspecified atom stereocenters. The van der Waals surface area contributed by atoms with Crippen LogP contribution in [0, 0.1) is 0 Å². The first-order valence-corrected chi connectivity index (χ1v) is 0. The quantitative estimate of drug-likeness (QED) is 0.394. The molecule has 8 heteroatoms. The molecule has 4 nitrogen and oxygen atoms in total. The molecule has 0 saturated carbocycles. The average Bonchev–Trinajstić information content (AvgIpc) is 0. The molecule has 0 radical (unpaired) electrons. The molecule has 0 heterocycles. The van der Waals surface area contributed by atoms with Gasteiger partial charge in [-0.25, -0.2) is 0 Å². The maximum atomic E-state index is 0. The molecule has 8 heavy (non-hydrogen) atoms. The minimum absolute atomic E-state index is 0. The summed E-state index contributed by atoms with van der Waals surface area (Å²) < 4.78 is 0. The Hall–Kier alpha value is 2.88. The predicted molar refractivity (Wildman–Crippen MR) is 21.5 cm³/mol. The van der Waals surface area contributed by atoms with Gasteiger partial charge in [0.15, 0.2) is 0 Å². The summed E-state index contributed by atoms with van der Waals surface area (Å²) in [6.45, 7) is 0. The molecule has 0 aliphatic rings. The molecule has 0 aliphatic heterocycles. The van der Waals surface area contributed by atoms with E-state index in [4.69, 9.17) is 0 Å². The summed E-state index contributed by atoms with van der Waals surface area (Å²) in [6, 6.07) is 0. The first-order valence-electron chi connectivity index (χ1n) is 0. The number of rotatable bonds is 0. The monoisotopic (exact) mass is 248 g/mol. The van der Waals surface area contributed by atoms with E-state index in [0.717, 1.165) is 0 Å². The van der Waals surface area contributed by atoms with Crippen molar-refractivity contribution >= 4 is 13.5 Å². The largest absolute Gasteiger partial charge is 1.00 e. The van der Waals surface area contributed by atoms with E-state index in [1.165, 1.54) is 0 Å². The minimum atomic E-state index is 0. The Morgan fingerprint density at radius 3 is 0.625 bits per heavy atom. The Balaban J connectivity index is 0. The molecule has 0 fully saturated rings. The van der Waals surface area contributed by atoms with E-state index in [9.17, 15) is 0 Å². The topological polar surface area (TPSA) is 123 Å². The molecule has 0 spiro atoms. The molecule has 0 saturated heterocycles. The van der Waals surface area contributed by atoms with Crippen LogP contribution in [0.15, 0.2) is 0 Å². The van der Waals surface area contributed by atoms with E-state index in [0.29, 0.717) is 0 Å². The Kier molecular flexibility index (Phi) is 1510. The van der Waals surface area contributed by atoms with E-state index < -0.39 is 0 Å². The minimum Gasteiger partial charge on any atom is -0.870 e. The van der Waals surface area contributed by atoms with Gasteiger partial charge in [0.05, 0.1) is 0 Å². The molecular formula is H8MoNa2O4S. The van der Waals surface area contributed by atoms with Crippen molar-refractivity contribution in [2.75, 3.05) is 0 Å². The molecule has 0 amide bonds. The van der Waals surface area contributed by atoms with Gasteiger partial charge in [0.1, 0.15) is 0 Å². The first-order chi connectivity index (χ1) is 0. The van der Waals surface area contributed by atoms with Gasteiger partial charge in [-0.2, -0.15) is 13.5 Å². The van der Waals surface area contributed by atoms with Gasteiger partial charge in [-0.3, -0.25) is 0 Å². The third-order valence-electron chi connectivity index (χ3n) is 0. The van der Waals surface area contributed by atoms with E-state index in [2.05, 4.69) is 0 Å². The fourth-order valence-electron chi connectivity index (χ4n) is 0. The van der Waals surface area contributed by atoms with Crippen molar-refractivity contribution in [1.82, 2.24) is 0 Å². The zero-order valence-electron chi connectivity index (χ0n) is 4.80. The zero-order valence-corrected chi connectivity index (χ0v) is 11.8. The van der Waals surface area contributed by atoms with E-state index >= 15 is 0 Å². The van der Waals surface area contributed by atoms with Crippen LogP contribution in [0.1, 0.15) is 0 Å². The van der Waals surface area contributed by atoms with Gasteiger partial charge in [-0.15, -0.1) is 0 Å². The van der Waals surface area contributed by atoms with Crippen LogP contribution >= 0.6 is 13.5 Å². The third kappa shape index (κ3) is 66.5. The van der Waals surface area contributed by atoms with Crippen molar-refractivity contribution in [3.05, 3.63) is 0 Å². The van der Waals surface area contributed by atoms with Crippen LogP contribution in [0.4, 0.5) is 0 Å². The van der Waals surface area contributed by atoms with Crippen LogP contribution in [-0.4, -0.2) is 21.9 Å². The zero-order chi connectivity index (χ0) is 0. The van der Waals surface area contributed by atoms with Gasteiger partial charge < -0.3 is 21.9 Å². The Morgan fingerprint density at radius 1 is 0.625 bits per heavy atom. The van der Waals surface area contributed by atoms with Crippen LogP contribution < -0.4 is 59.1 Å². The Labute approximate surface area is 114 Å². The molecule has 0 aromatic rings. The maximum Gasteiger partial charge on any atom is 1.00 e. The second-order valence-electron chi connectivity index (χ2n) is 0. The summed E-state index contributed by atoms with van der Waals surface area (Å²) in [5.74, 6) is 0. The van der Waals surface area contributed by atoms with E-state index in [1.54, 1.807) is 0 Å². The fourth-order valence-corrected chi connectivity index (χ4v) is 0. The second-order valence-corrected chi connectivity index (χ2v) is 0. The van der Waals surface area contributed by atoms with Crippen molar-refractivity contribution in [2.24, 2.45) is 0 Å². The Bertz CT molecular complexity index is 14.0. The summed E-state index contributed by atoms with van der Waals surface area (Å²) in [5.41, 5.74) is 0. The van der Waals surface area contributed by atoms with E-state index in [-0.39, 0.29) is 116 Å². The van der Waals surface area contributed by atoms with Crippen LogP contribution in [0.2, 0.25) is 0 Å². The van der Waals surface area contributed by atoms with Gasteiger partial charge in [0.25, 0.3) is 0 Å². The summed E-state index contributed by atoms with van der Waals surface area (Å²) in [7, 11) is 0. The summed E-state index contributed by atoms with van der Waals surface area (Å²) in [6.07, 6.45) is 0. The standard InChI is InChI=1S/Mo.2Na.4H2O.H2S/h;;;5*1H2/q;2*+1;;;;;/p-2. The van der Waals surface area contributed by atoms with E-state index in [1.807, 2.05) is 0 Å². The normalized spacial score (nSPS) is 0. The molecule has 0 aromatic heterocycles. The van der Waals surface area contributed by atoms with Crippen molar-refractivity contribution < 1.29 is 102 Å². The summed E-state index contributed by atoms with van der Waals surface area (Å²) in [4.78, 5) is 0. The van der Waals surface area contributed by atoms with Crippen LogP contribution in [0.25, 0.3) is 0 Å². The third-order valence-corrected chi connectivity index (χ3v) is 0. The molecule has 46 valence electrons. The van der Waals surface area contributed by atoms with Crippen molar-refractivity contribution in [3.8, 4) is 0 Å². The van der Waals surface area contributed by atoms with Crippen LogP contribution in [-0.2, 0) is 21.1 Å². The van der Waals surface area contributed by atoms with Crippen LogP contribution in [0.5, 0.6) is 0 Å². The van der Waals surface area contributed by atoms with Gasteiger partial charge in [0, 0.05) is 21.1 Å². The smallest absolute Gasteiger partial charge is 0.870 e. The molecule has 6 N–H and O–H groups in total. The molecule has 0 atom stereocenters. The first kappa shape index (κ1) is 128. The van der Waals surface area contributed by atoms with Gasteiger partial charge >= 0.3 is 59.1 Å².